The lowest BCUT2D eigenvalue weighted by Gasteiger charge is -2.35. The Morgan fingerprint density at radius 1 is 1.22 bits per heavy atom. The molecule has 1 unspecified atom stereocenters. The van der Waals surface area contributed by atoms with Crippen LogP contribution in [-0.4, -0.2) is 43.5 Å². The molecule has 1 aliphatic heterocycles. The molecule has 5 aromatic rings. The first kappa shape index (κ1) is 18.8. The Morgan fingerprint density at radius 2 is 2.09 bits per heavy atom. The zero-order chi connectivity index (χ0) is 21.7. The van der Waals surface area contributed by atoms with Gasteiger partial charge in [-0.25, -0.2) is 4.98 Å². The van der Waals surface area contributed by atoms with Crippen molar-refractivity contribution in [3.63, 3.8) is 0 Å². The summed E-state index contributed by atoms with van der Waals surface area (Å²) in [7, 11) is 0. The molecule has 0 aliphatic carbocycles. The van der Waals surface area contributed by atoms with Crippen LogP contribution in [0.5, 0.6) is 11.5 Å². The van der Waals surface area contributed by atoms with Crippen LogP contribution >= 0.6 is 11.3 Å². The van der Waals surface area contributed by atoms with Crippen LogP contribution in [0, 0.1) is 0 Å². The number of anilines is 1. The normalized spacial score (nSPS) is 17.7. The number of thiophene rings is 1. The molecular formula is C22H18N6O3S. The van der Waals surface area contributed by atoms with Crippen LogP contribution in [0.4, 0.5) is 5.95 Å². The first-order valence-corrected chi connectivity index (χ1v) is 11.0. The number of aromatic nitrogens is 5. The van der Waals surface area contributed by atoms with Gasteiger partial charge in [0.05, 0.1) is 34.7 Å². The van der Waals surface area contributed by atoms with E-state index in [2.05, 4.69) is 25.5 Å². The molecule has 32 heavy (non-hydrogen) atoms. The highest BCUT2D eigenvalue weighted by atomic mass is 32.1. The third-order valence-corrected chi connectivity index (χ3v) is 6.12. The number of nitrogens with zero attached hydrogens (tertiary/aromatic N) is 4. The number of hydrogen-bond donors (Lipinski definition) is 2. The molecule has 0 spiro atoms. The van der Waals surface area contributed by atoms with Crippen LogP contribution in [-0.2, 0) is 0 Å². The Hall–Kier alpha value is -3.92. The second-order valence-corrected chi connectivity index (χ2v) is 8.63. The van der Waals surface area contributed by atoms with E-state index in [1.165, 1.54) is 17.5 Å². The SMILES string of the molecule is CC1(CNc2ncc3c4[nH]ncc4c(=O)n(-c4ccsc4)c3n2)COc2ccccc2O1. The van der Waals surface area contributed by atoms with Gasteiger partial charge >= 0.3 is 0 Å². The van der Waals surface area contributed by atoms with E-state index in [-0.39, 0.29) is 5.56 Å². The topological polar surface area (TPSA) is 107 Å². The molecule has 2 N–H and O–H groups in total. The highest BCUT2D eigenvalue weighted by Gasteiger charge is 2.33. The quantitative estimate of drug-likeness (QED) is 0.436. The van der Waals surface area contributed by atoms with Gasteiger partial charge in [-0.15, -0.1) is 0 Å². The van der Waals surface area contributed by atoms with Crippen molar-refractivity contribution in [1.29, 1.82) is 0 Å². The lowest BCUT2D eigenvalue weighted by atomic mass is 10.1. The summed E-state index contributed by atoms with van der Waals surface area (Å²) in [6, 6.07) is 9.48. The van der Waals surface area contributed by atoms with Gasteiger partial charge in [0, 0.05) is 11.6 Å². The summed E-state index contributed by atoms with van der Waals surface area (Å²) < 4.78 is 13.6. The molecule has 0 amide bonds. The molecule has 0 bridgehead atoms. The number of rotatable bonds is 4. The molecule has 0 saturated carbocycles. The maximum Gasteiger partial charge on any atom is 0.267 e. The number of hydrogen-bond acceptors (Lipinski definition) is 8. The lowest BCUT2D eigenvalue weighted by molar-refractivity contribution is 0.0165. The number of nitrogens with one attached hydrogen (secondary N) is 2. The Morgan fingerprint density at radius 3 is 2.94 bits per heavy atom. The maximum atomic E-state index is 13.2. The Kier molecular flexibility index (Phi) is 4.15. The van der Waals surface area contributed by atoms with E-state index in [1.54, 1.807) is 10.8 Å². The van der Waals surface area contributed by atoms with Gasteiger partial charge in [-0.3, -0.25) is 14.5 Å². The van der Waals surface area contributed by atoms with Crippen LogP contribution < -0.4 is 20.3 Å². The molecule has 0 saturated heterocycles. The van der Waals surface area contributed by atoms with Gasteiger partial charge in [-0.2, -0.15) is 21.4 Å². The summed E-state index contributed by atoms with van der Waals surface area (Å²) in [6.07, 6.45) is 3.23. The Labute approximate surface area is 185 Å². The summed E-state index contributed by atoms with van der Waals surface area (Å²) in [5.41, 5.74) is 1.09. The summed E-state index contributed by atoms with van der Waals surface area (Å²) in [4.78, 5) is 22.3. The van der Waals surface area contributed by atoms with E-state index in [9.17, 15) is 4.79 Å². The maximum absolute atomic E-state index is 13.2. The van der Waals surface area contributed by atoms with Gasteiger partial charge in [0.2, 0.25) is 5.95 Å². The van der Waals surface area contributed by atoms with Gasteiger partial charge in [0.25, 0.3) is 5.56 Å². The average Bonchev–Trinajstić information content (AvgIpc) is 3.51. The molecule has 0 radical (unpaired) electrons. The fourth-order valence-corrected chi connectivity index (χ4v) is 4.45. The highest BCUT2D eigenvalue weighted by molar-refractivity contribution is 7.08. The molecule has 4 aromatic heterocycles. The number of fused-ring (bicyclic) bond motifs is 4. The Balaban J connectivity index is 1.38. The van der Waals surface area contributed by atoms with Crippen molar-refractivity contribution in [3.05, 3.63) is 63.8 Å². The van der Waals surface area contributed by atoms with E-state index in [0.717, 1.165) is 11.4 Å². The molecule has 1 aromatic carbocycles. The Bertz CT molecular complexity index is 1510. The van der Waals surface area contributed by atoms with E-state index in [1.807, 2.05) is 48.0 Å². The second-order valence-electron chi connectivity index (χ2n) is 7.85. The van der Waals surface area contributed by atoms with Gasteiger partial charge in [-0.05, 0) is 30.5 Å². The molecule has 1 atom stereocenters. The highest BCUT2D eigenvalue weighted by Crippen LogP contribution is 2.34. The molecule has 0 fully saturated rings. The molecular weight excluding hydrogens is 428 g/mol. The third kappa shape index (κ3) is 2.99. The van der Waals surface area contributed by atoms with Crippen LogP contribution in [0.15, 0.2) is 58.3 Å². The number of aromatic amines is 1. The van der Waals surface area contributed by atoms with Crippen molar-refractivity contribution < 1.29 is 9.47 Å². The van der Waals surface area contributed by atoms with Crippen LogP contribution in [0.25, 0.3) is 27.6 Å². The largest absolute Gasteiger partial charge is 0.485 e. The van der Waals surface area contributed by atoms with Crippen molar-refractivity contribution in [2.75, 3.05) is 18.5 Å². The minimum atomic E-state index is -0.604. The first-order valence-electron chi connectivity index (χ1n) is 10.0. The zero-order valence-electron chi connectivity index (χ0n) is 17.0. The molecule has 6 rings (SSSR count). The average molecular weight is 446 g/mol. The zero-order valence-corrected chi connectivity index (χ0v) is 17.8. The van der Waals surface area contributed by atoms with E-state index >= 15 is 0 Å². The fraction of sp³-hybridized carbons (Fsp3) is 0.182. The van der Waals surface area contributed by atoms with E-state index in [4.69, 9.17) is 9.47 Å². The van der Waals surface area contributed by atoms with E-state index < -0.39 is 5.60 Å². The van der Waals surface area contributed by atoms with Crippen LogP contribution in [0.3, 0.4) is 0 Å². The molecule has 9 nitrogen and oxygen atoms in total. The minimum Gasteiger partial charge on any atom is -0.485 e. The van der Waals surface area contributed by atoms with Crippen molar-refractivity contribution in [3.8, 4) is 17.2 Å². The van der Waals surface area contributed by atoms with Gasteiger partial charge in [0.1, 0.15) is 6.61 Å². The van der Waals surface area contributed by atoms with Crippen molar-refractivity contribution >= 4 is 39.2 Å². The number of pyridine rings is 1. The standard InChI is InChI=1S/C22H18N6O3S/c1-22(12-30-16-4-2-3-5-17(16)31-22)11-24-21-23-8-14-18-15(9-25-27-18)20(29)28(19(14)26-21)13-6-7-32-10-13/h2-10H,11-12H2,1H3,(H,25,27)(H,23,24,26). The molecule has 5 heterocycles. The van der Waals surface area contributed by atoms with Crippen LogP contribution in [0.1, 0.15) is 6.92 Å². The fourth-order valence-electron chi connectivity index (χ4n) is 3.83. The smallest absolute Gasteiger partial charge is 0.267 e. The van der Waals surface area contributed by atoms with Gasteiger partial charge in [0.15, 0.2) is 22.7 Å². The monoisotopic (exact) mass is 446 g/mol. The first-order chi connectivity index (χ1) is 15.6. The number of H-pyrrole nitrogens is 1. The molecule has 1 aliphatic rings. The second kappa shape index (κ2) is 7.06. The third-order valence-electron chi connectivity index (χ3n) is 5.45. The number of para-hydroxylation sites is 2. The number of ether oxygens (including phenoxy) is 2. The lowest BCUT2D eigenvalue weighted by Crippen LogP contribution is -2.47. The molecule has 160 valence electrons. The van der Waals surface area contributed by atoms with Crippen molar-refractivity contribution in [1.82, 2.24) is 24.7 Å². The van der Waals surface area contributed by atoms with Crippen molar-refractivity contribution in [2.45, 2.75) is 12.5 Å². The summed E-state index contributed by atoms with van der Waals surface area (Å²) in [5.74, 6) is 1.83. The summed E-state index contributed by atoms with van der Waals surface area (Å²) in [5, 5.41) is 15.2. The number of benzene rings is 1. The predicted molar refractivity (Wildman–Crippen MR) is 122 cm³/mol. The van der Waals surface area contributed by atoms with Crippen molar-refractivity contribution in [2.24, 2.45) is 0 Å². The van der Waals surface area contributed by atoms with Gasteiger partial charge in [-0.1, -0.05) is 12.1 Å². The van der Waals surface area contributed by atoms with Gasteiger partial charge < -0.3 is 14.8 Å². The molecule has 10 heteroatoms. The van der Waals surface area contributed by atoms with Crippen LogP contribution in [0.2, 0.25) is 0 Å². The minimum absolute atomic E-state index is 0.183. The van der Waals surface area contributed by atoms with E-state index in [0.29, 0.717) is 46.8 Å². The summed E-state index contributed by atoms with van der Waals surface area (Å²) in [6.45, 7) is 2.77. The summed E-state index contributed by atoms with van der Waals surface area (Å²) >= 11 is 1.51. The predicted octanol–water partition coefficient (Wildman–Crippen LogP) is 3.36.